The molecule has 0 radical (unpaired) electrons. The molecule has 0 aromatic carbocycles. The van der Waals surface area contributed by atoms with Crippen LogP contribution in [0.15, 0.2) is 0 Å². The van der Waals surface area contributed by atoms with E-state index in [0.29, 0.717) is 17.9 Å². The van der Waals surface area contributed by atoms with E-state index in [1.165, 1.54) is 6.42 Å². The number of amides is 1. The quantitative estimate of drug-likeness (QED) is 0.815. The van der Waals surface area contributed by atoms with Gasteiger partial charge in [-0.1, -0.05) is 13.3 Å². The maximum absolute atomic E-state index is 12.2. The Morgan fingerprint density at radius 2 is 2.05 bits per heavy atom. The van der Waals surface area contributed by atoms with Gasteiger partial charge in [-0.05, 0) is 43.9 Å². The average Bonchev–Trinajstić information content (AvgIpc) is 2.45. The lowest BCUT2D eigenvalue weighted by Gasteiger charge is -2.31. The fourth-order valence-electron chi connectivity index (χ4n) is 3.29. The van der Waals surface area contributed by atoms with Crippen LogP contribution >= 0.6 is 0 Å². The molecule has 1 saturated heterocycles. The van der Waals surface area contributed by atoms with Crippen LogP contribution in [0, 0.1) is 17.8 Å². The minimum Gasteiger partial charge on any atom is -0.381 e. The zero-order valence-electron chi connectivity index (χ0n) is 12.1. The van der Waals surface area contributed by atoms with Crippen molar-refractivity contribution in [2.24, 2.45) is 23.5 Å². The zero-order chi connectivity index (χ0) is 13.7. The smallest absolute Gasteiger partial charge is 0.223 e. The average molecular weight is 268 g/mol. The van der Waals surface area contributed by atoms with Crippen molar-refractivity contribution in [1.29, 1.82) is 0 Å². The van der Waals surface area contributed by atoms with E-state index in [2.05, 4.69) is 12.2 Å². The molecule has 4 heteroatoms. The van der Waals surface area contributed by atoms with Gasteiger partial charge in [-0.25, -0.2) is 0 Å². The number of hydrogen-bond acceptors (Lipinski definition) is 3. The van der Waals surface area contributed by atoms with Gasteiger partial charge in [0.2, 0.25) is 5.91 Å². The molecule has 2 rings (SSSR count). The molecule has 3 unspecified atom stereocenters. The molecule has 3 atom stereocenters. The Balaban J connectivity index is 1.72. The van der Waals surface area contributed by atoms with Gasteiger partial charge in [-0.3, -0.25) is 4.79 Å². The van der Waals surface area contributed by atoms with E-state index >= 15 is 0 Å². The summed E-state index contributed by atoms with van der Waals surface area (Å²) in [6, 6.07) is 0.296. The molecule has 1 aliphatic heterocycles. The summed E-state index contributed by atoms with van der Waals surface area (Å²) in [5.74, 6) is 1.38. The maximum Gasteiger partial charge on any atom is 0.223 e. The summed E-state index contributed by atoms with van der Waals surface area (Å²) < 4.78 is 5.33. The van der Waals surface area contributed by atoms with E-state index in [1.54, 1.807) is 0 Å². The van der Waals surface area contributed by atoms with E-state index in [1.807, 2.05) is 0 Å². The fourth-order valence-corrected chi connectivity index (χ4v) is 3.29. The Kier molecular flexibility index (Phi) is 5.64. The second kappa shape index (κ2) is 7.25. The molecule has 1 aliphatic carbocycles. The summed E-state index contributed by atoms with van der Waals surface area (Å²) in [4.78, 5) is 12.2. The van der Waals surface area contributed by atoms with Gasteiger partial charge in [0.25, 0.3) is 0 Å². The second-order valence-corrected chi connectivity index (χ2v) is 6.28. The Bertz CT molecular complexity index is 290. The number of rotatable bonds is 4. The molecule has 0 aromatic heterocycles. The van der Waals surface area contributed by atoms with E-state index in [4.69, 9.17) is 10.5 Å². The highest BCUT2D eigenvalue weighted by molar-refractivity contribution is 5.78. The monoisotopic (exact) mass is 268 g/mol. The van der Waals surface area contributed by atoms with Crippen LogP contribution < -0.4 is 11.1 Å². The van der Waals surface area contributed by atoms with Crippen molar-refractivity contribution in [2.45, 2.75) is 51.5 Å². The van der Waals surface area contributed by atoms with E-state index < -0.39 is 0 Å². The number of carbonyl (C=O) groups is 1. The SMILES string of the molecule is CC(C(=O)NCC1CCOCC1)C1CCCC(N)C1. The summed E-state index contributed by atoms with van der Waals surface area (Å²) in [6.45, 7) is 4.55. The molecule has 110 valence electrons. The fraction of sp³-hybridized carbons (Fsp3) is 0.933. The predicted octanol–water partition coefficient (Wildman–Crippen LogP) is 1.68. The van der Waals surface area contributed by atoms with Gasteiger partial charge in [0.05, 0.1) is 0 Å². The highest BCUT2D eigenvalue weighted by Crippen LogP contribution is 2.29. The second-order valence-electron chi connectivity index (χ2n) is 6.28. The van der Waals surface area contributed by atoms with Crippen LogP contribution in [0.5, 0.6) is 0 Å². The molecule has 1 heterocycles. The molecule has 2 fully saturated rings. The predicted molar refractivity (Wildman–Crippen MR) is 75.7 cm³/mol. The van der Waals surface area contributed by atoms with Crippen LogP contribution in [0.1, 0.15) is 45.4 Å². The van der Waals surface area contributed by atoms with Gasteiger partial charge >= 0.3 is 0 Å². The van der Waals surface area contributed by atoms with Crippen molar-refractivity contribution in [1.82, 2.24) is 5.32 Å². The lowest BCUT2D eigenvalue weighted by molar-refractivity contribution is -0.126. The van der Waals surface area contributed by atoms with Gasteiger partial charge in [-0.15, -0.1) is 0 Å². The topological polar surface area (TPSA) is 64.3 Å². The number of ether oxygens (including phenoxy) is 1. The first-order valence-electron chi connectivity index (χ1n) is 7.78. The number of hydrogen-bond donors (Lipinski definition) is 2. The summed E-state index contributed by atoms with van der Waals surface area (Å²) in [5, 5.41) is 3.13. The summed E-state index contributed by atoms with van der Waals surface area (Å²) in [7, 11) is 0. The standard InChI is InChI=1S/C15H28N2O2/c1-11(13-3-2-4-14(16)9-13)15(18)17-10-12-5-7-19-8-6-12/h11-14H,2-10,16H2,1H3,(H,17,18). The molecule has 2 aliphatic rings. The third kappa shape index (κ3) is 4.46. The first-order valence-corrected chi connectivity index (χ1v) is 7.78. The van der Waals surface area contributed by atoms with Gasteiger partial charge in [0.1, 0.15) is 0 Å². The van der Waals surface area contributed by atoms with Gasteiger partial charge in [-0.2, -0.15) is 0 Å². The van der Waals surface area contributed by atoms with Gasteiger partial charge in [0, 0.05) is 31.7 Å². The Morgan fingerprint density at radius 3 is 2.74 bits per heavy atom. The van der Waals surface area contributed by atoms with Crippen molar-refractivity contribution in [3.05, 3.63) is 0 Å². The lowest BCUT2D eigenvalue weighted by atomic mass is 9.78. The maximum atomic E-state index is 12.2. The molecule has 19 heavy (non-hydrogen) atoms. The first-order chi connectivity index (χ1) is 9.16. The van der Waals surface area contributed by atoms with Crippen molar-refractivity contribution in [2.75, 3.05) is 19.8 Å². The molecule has 4 nitrogen and oxygen atoms in total. The minimum absolute atomic E-state index is 0.103. The van der Waals surface area contributed by atoms with Gasteiger partial charge < -0.3 is 15.8 Å². The number of nitrogens with one attached hydrogen (secondary N) is 1. The first kappa shape index (κ1) is 14.8. The number of carbonyl (C=O) groups excluding carboxylic acids is 1. The summed E-state index contributed by atoms with van der Waals surface area (Å²) >= 11 is 0. The van der Waals surface area contributed by atoms with E-state index in [9.17, 15) is 4.79 Å². The van der Waals surface area contributed by atoms with Crippen LogP contribution in [-0.4, -0.2) is 31.7 Å². The normalized spacial score (nSPS) is 30.8. The van der Waals surface area contributed by atoms with Crippen molar-refractivity contribution >= 4 is 5.91 Å². The van der Waals surface area contributed by atoms with Crippen LogP contribution in [0.4, 0.5) is 0 Å². The zero-order valence-corrected chi connectivity index (χ0v) is 12.1. The molecular weight excluding hydrogens is 240 g/mol. The van der Waals surface area contributed by atoms with Gasteiger partial charge in [0.15, 0.2) is 0 Å². The van der Waals surface area contributed by atoms with Crippen LogP contribution in [0.2, 0.25) is 0 Å². The summed E-state index contributed by atoms with van der Waals surface area (Å²) in [6.07, 6.45) is 6.59. The minimum atomic E-state index is 0.103. The number of nitrogens with two attached hydrogens (primary N) is 1. The highest BCUT2D eigenvalue weighted by atomic mass is 16.5. The Labute approximate surface area is 116 Å². The van der Waals surface area contributed by atoms with Crippen molar-refractivity contribution in [3.8, 4) is 0 Å². The third-order valence-electron chi connectivity index (χ3n) is 4.78. The van der Waals surface area contributed by atoms with Crippen LogP contribution in [0.25, 0.3) is 0 Å². The molecular formula is C15H28N2O2. The largest absolute Gasteiger partial charge is 0.381 e. The molecule has 3 N–H and O–H groups in total. The molecule has 0 aromatic rings. The van der Waals surface area contributed by atoms with Crippen LogP contribution in [-0.2, 0) is 9.53 Å². The molecule has 1 amide bonds. The lowest BCUT2D eigenvalue weighted by Crippen LogP contribution is -2.40. The third-order valence-corrected chi connectivity index (χ3v) is 4.78. The van der Waals surface area contributed by atoms with E-state index in [0.717, 1.165) is 51.9 Å². The molecule has 1 saturated carbocycles. The summed E-state index contributed by atoms with van der Waals surface area (Å²) in [5.41, 5.74) is 6.01. The molecule has 0 spiro atoms. The Hall–Kier alpha value is -0.610. The highest BCUT2D eigenvalue weighted by Gasteiger charge is 2.28. The van der Waals surface area contributed by atoms with Crippen molar-refractivity contribution in [3.63, 3.8) is 0 Å². The van der Waals surface area contributed by atoms with Crippen LogP contribution in [0.3, 0.4) is 0 Å². The van der Waals surface area contributed by atoms with Crippen molar-refractivity contribution < 1.29 is 9.53 Å². The molecule has 0 bridgehead atoms. The Morgan fingerprint density at radius 1 is 1.32 bits per heavy atom. The van der Waals surface area contributed by atoms with E-state index in [-0.39, 0.29) is 11.8 Å².